The molecule has 0 saturated carbocycles. The van der Waals surface area contributed by atoms with Crippen molar-refractivity contribution in [1.82, 2.24) is 19.7 Å². The molecular formula is C22H22N6OS. The number of hydrogen-bond donors (Lipinski definition) is 2. The van der Waals surface area contributed by atoms with E-state index in [1.54, 1.807) is 22.2 Å². The first-order valence-corrected chi connectivity index (χ1v) is 10.5. The molecule has 1 amide bonds. The maximum Gasteiger partial charge on any atom is 0.224 e. The number of amides is 1. The van der Waals surface area contributed by atoms with Gasteiger partial charge in [0.25, 0.3) is 0 Å². The van der Waals surface area contributed by atoms with E-state index in [1.807, 2.05) is 49.5 Å². The van der Waals surface area contributed by atoms with Crippen LogP contribution in [0.25, 0.3) is 5.82 Å². The fourth-order valence-corrected chi connectivity index (χ4v) is 3.94. The lowest BCUT2D eigenvalue weighted by atomic mass is 10.2. The highest BCUT2D eigenvalue weighted by Crippen LogP contribution is 2.20. The summed E-state index contributed by atoms with van der Waals surface area (Å²) in [6.07, 6.45) is 4.78. The van der Waals surface area contributed by atoms with Crippen LogP contribution in [0.15, 0.2) is 60.2 Å². The zero-order valence-corrected chi connectivity index (χ0v) is 17.6. The fourth-order valence-electron chi connectivity index (χ4n) is 3.03. The van der Waals surface area contributed by atoms with Crippen LogP contribution in [-0.4, -0.2) is 25.7 Å². The first-order valence-electron chi connectivity index (χ1n) is 9.62. The number of hydrogen-bond acceptors (Lipinski definition) is 6. The fraction of sp³-hybridized carbons (Fsp3) is 0.182. The third-order valence-electron chi connectivity index (χ3n) is 4.55. The summed E-state index contributed by atoms with van der Waals surface area (Å²) in [5.74, 6) is 2.03. The van der Waals surface area contributed by atoms with E-state index >= 15 is 0 Å². The van der Waals surface area contributed by atoms with Crippen molar-refractivity contribution in [1.29, 1.82) is 0 Å². The standard InChI is InChI=1S/C22H22N6OS/c1-15-10-13-30-19(15)8-9-22(29)27-18-6-4-17(5-7-18)26-20-14-21(25-16(2)24-20)28-12-3-11-23-28/h3-7,10-14H,8-9H2,1-2H3,(H,27,29)(H,24,25,26). The van der Waals surface area contributed by atoms with Crippen LogP contribution >= 0.6 is 11.3 Å². The van der Waals surface area contributed by atoms with E-state index in [9.17, 15) is 4.79 Å². The second-order valence-electron chi connectivity index (χ2n) is 6.89. The summed E-state index contributed by atoms with van der Waals surface area (Å²) in [6, 6.07) is 13.3. The Morgan fingerprint density at radius 1 is 1.10 bits per heavy atom. The Labute approximate surface area is 178 Å². The Hall–Kier alpha value is -3.52. The first-order chi connectivity index (χ1) is 14.6. The Morgan fingerprint density at radius 2 is 1.90 bits per heavy atom. The van der Waals surface area contributed by atoms with Gasteiger partial charge in [-0.25, -0.2) is 14.6 Å². The topological polar surface area (TPSA) is 84.7 Å². The van der Waals surface area contributed by atoms with E-state index in [4.69, 9.17) is 0 Å². The highest BCUT2D eigenvalue weighted by Gasteiger charge is 2.07. The maximum absolute atomic E-state index is 12.2. The normalized spacial score (nSPS) is 10.7. The van der Waals surface area contributed by atoms with Crippen LogP contribution in [0.1, 0.15) is 22.7 Å². The molecule has 0 bridgehead atoms. The molecule has 0 saturated heterocycles. The van der Waals surface area contributed by atoms with Crippen molar-refractivity contribution < 1.29 is 4.79 Å². The molecule has 30 heavy (non-hydrogen) atoms. The molecule has 0 aliphatic carbocycles. The Morgan fingerprint density at radius 3 is 2.60 bits per heavy atom. The van der Waals surface area contributed by atoms with Crippen molar-refractivity contribution in [3.8, 4) is 5.82 Å². The molecule has 4 aromatic rings. The second-order valence-corrected chi connectivity index (χ2v) is 7.89. The van der Waals surface area contributed by atoms with Crippen molar-refractivity contribution >= 4 is 34.4 Å². The lowest BCUT2D eigenvalue weighted by Crippen LogP contribution is -2.12. The Bertz CT molecular complexity index is 1130. The zero-order chi connectivity index (χ0) is 20.9. The third-order valence-corrected chi connectivity index (χ3v) is 5.63. The van der Waals surface area contributed by atoms with Crippen LogP contribution in [0.4, 0.5) is 17.2 Å². The number of benzene rings is 1. The van der Waals surface area contributed by atoms with E-state index in [-0.39, 0.29) is 5.91 Å². The molecule has 2 N–H and O–H groups in total. The zero-order valence-electron chi connectivity index (χ0n) is 16.8. The summed E-state index contributed by atoms with van der Waals surface area (Å²) in [7, 11) is 0. The van der Waals surface area contributed by atoms with Gasteiger partial charge in [0.05, 0.1) is 0 Å². The number of nitrogens with zero attached hydrogens (tertiary/aromatic N) is 4. The molecule has 0 aliphatic heterocycles. The number of aryl methyl sites for hydroxylation is 3. The van der Waals surface area contributed by atoms with Gasteiger partial charge in [-0.05, 0) is 67.6 Å². The van der Waals surface area contributed by atoms with Crippen molar-refractivity contribution in [3.05, 3.63) is 76.5 Å². The number of thiophene rings is 1. The third kappa shape index (κ3) is 4.90. The number of aromatic nitrogens is 4. The van der Waals surface area contributed by atoms with Gasteiger partial charge < -0.3 is 10.6 Å². The summed E-state index contributed by atoms with van der Waals surface area (Å²) in [6.45, 7) is 3.92. The minimum absolute atomic E-state index is 0.0128. The van der Waals surface area contributed by atoms with Gasteiger partial charge in [0.2, 0.25) is 5.91 Å². The van der Waals surface area contributed by atoms with Crippen molar-refractivity contribution in [3.63, 3.8) is 0 Å². The predicted octanol–water partition coefficient (Wildman–Crippen LogP) is 4.66. The summed E-state index contributed by atoms with van der Waals surface area (Å²) < 4.78 is 1.69. The highest BCUT2D eigenvalue weighted by atomic mass is 32.1. The number of rotatable bonds is 7. The van der Waals surface area contributed by atoms with Crippen LogP contribution in [0, 0.1) is 13.8 Å². The number of carbonyl (C=O) groups is 1. The molecule has 152 valence electrons. The van der Waals surface area contributed by atoms with Gasteiger partial charge in [-0.15, -0.1) is 11.3 Å². The van der Waals surface area contributed by atoms with Gasteiger partial charge in [-0.1, -0.05) is 0 Å². The molecule has 0 fully saturated rings. The number of carbonyl (C=O) groups excluding carboxylic acids is 1. The lowest BCUT2D eigenvalue weighted by molar-refractivity contribution is -0.116. The molecule has 3 heterocycles. The van der Waals surface area contributed by atoms with E-state index in [0.29, 0.717) is 23.9 Å². The molecule has 8 heteroatoms. The average Bonchev–Trinajstić information content (AvgIpc) is 3.39. The largest absolute Gasteiger partial charge is 0.340 e. The highest BCUT2D eigenvalue weighted by molar-refractivity contribution is 7.10. The van der Waals surface area contributed by atoms with Crippen LogP contribution < -0.4 is 10.6 Å². The van der Waals surface area contributed by atoms with E-state index in [1.165, 1.54) is 10.4 Å². The minimum Gasteiger partial charge on any atom is -0.340 e. The monoisotopic (exact) mass is 418 g/mol. The van der Waals surface area contributed by atoms with Crippen LogP contribution in [-0.2, 0) is 11.2 Å². The second kappa shape index (κ2) is 8.87. The minimum atomic E-state index is 0.0128. The van der Waals surface area contributed by atoms with Crippen LogP contribution in [0.2, 0.25) is 0 Å². The van der Waals surface area contributed by atoms with E-state index in [0.717, 1.165) is 17.8 Å². The predicted molar refractivity (Wildman–Crippen MR) is 120 cm³/mol. The molecule has 4 rings (SSSR count). The van der Waals surface area contributed by atoms with Crippen molar-refractivity contribution in [2.75, 3.05) is 10.6 Å². The number of nitrogens with one attached hydrogen (secondary N) is 2. The molecule has 0 aliphatic rings. The van der Waals surface area contributed by atoms with Gasteiger partial charge in [0, 0.05) is 41.1 Å². The lowest BCUT2D eigenvalue weighted by Gasteiger charge is -2.10. The molecule has 7 nitrogen and oxygen atoms in total. The number of anilines is 3. The molecule has 3 aromatic heterocycles. The van der Waals surface area contributed by atoms with Crippen molar-refractivity contribution in [2.24, 2.45) is 0 Å². The van der Waals surface area contributed by atoms with Gasteiger partial charge >= 0.3 is 0 Å². The first kappa shape index (κ1) is 19.8. The molecule has 0 atom stereocenters. The van der Waals surface area contributed by atoms with Crippen LogP contribution in [0.3, 0.4) is 0 Å². The Kier molecular flexibility index (Phi) is 5.85. The summed E-state index contributed by atoms with van der Waals surface area (Å²) in [5, 5.41) is 12.5. The average molecular weight is 419 g/mol. The van der Waals surface area contributed by atoms with Gasteiger partial charge in [0.15, 0.2) is 5.82 Å². The van der Waals surface area contributed by atoms with Crippen molar-refractivity contribution in [2.45, 2.75) is 26.7 Å². The summed E-state index contributed by atoms with van der Waals surface area (Å²) in [4.78, 5) is 22.3. The molecule has 0 radical (unpaired) electrons. The van der Waals surface area contributed by atoms with Crippen LogP contribution in [0.5, 0.6) is 0 Å². The molecule has 1 aromatic carbocycles. The van der Waals surface area contributed by atoms with Gasteiger partial charge in [-0.3, -0.25) is 4.79 Å². The molecule has 0 spiro atoms. The molecule has 0 unspecified atom stereocenters. The van der Waals surface area contributed by atoms with Gasteiger partial charge in [-0.2, -0.15) is 5.10 Å². The SMILES string of the molecule is Cc1nc(Nc2ccc(NC(=O)CCc3sccc3C)cc2)cc(-n2cccn2)n1. The smallest absolute Gasteiger partial charge is 0.224 e. The molecular weight excluding hydrogens is 396 g/mol. The van der Waals surface area contributed by atoms with E-state index in [2.05, 4.69) is 44.1 Å². The summed E-state index contributed by atoms with van der Waals surface area (Å²) in [5.41, 5.74) is 2.88. The Balaban J connectivity index is 1.37. The van der Waals surface area contributed by atoms with E-state index < -0.39 is 0 Å². The summed E-state index contributed by atoms with van der Waals surface area (Å²) >= 11 is 1.70. The quantitative estimate of drug-likeness (QED) is 0.456. The van der Waals surface area contributed by atoms with Gasteiger partial charge in [0.1, 0.15) is 11.6 Å². The maximum atomic E-state index is 12.2.